The Hall–Kier alpha value is -2.41. The average Bonchev–Trinajstić information content (AvgIpc) is 3.21. The molecule has 0 saturated heterocycles. The van der Waals surface area contributed by atoms with Gasteiger partial charge in [-0.25, -0.2) is 0 Å². The zero-order chi connectivity index (χ0) is 16.2. The number of rotatable bonds is 6. The maximum Gasteiger partial charge on any atom is 0.283 e. The van der Waals surface area contributed by atoms with Gasteiger partial charge in [-0.15, -0.1) is 10.2 Å². The van der Waals surface area contributed by atoms with Crippen LogP contribution in [0.5, 0.6) is 5.75 Å². The lowest BCUT2D eigenvalue weighted by molar-refractivity contribution is 0.0988. The molecule has 2 heterocycles. The van der Waals surface area contributed by atoms with Crippen molar-refractivity contribution in [2.45, 2.75) is 20.0 Å². The van der Waals surface area contributed by atoms with Crippen molar-refractivity contribution in [1.82, 2.24) is 10.2 Å². The van der Waals surface area contributed by atoms with Crippen molar-refractivity contribution >= 4 is 21.7 Å². The van der Waals surface area contributed by atoms with Gasteiger partial charge in [0.05, 0.1) is 0 Å². The molecule has 6 nitrogen and oxygen atoms in total. The van der Waals surface area contributed by atoms with Gasteiger partial charge in [0.1, 0.15) is 5.75 Å². The number of halogens is 1. The minimum Gasteiger partial charge on any atom is -0.484 e. The molecule has 0 aliphatic carbocycles. The van der Waals surface area contributed by atoms with Crippen molar-refractivity contribution in [1.29, 1.82) is 0 Å². The van der Waals surface area contributed by atoms with E-state index < -0.39 is 0 Å². The van der Waals surface area contributed by atoms with E-state index in [-0.39, 0.29) is 18.3 Å². The highest BCUT2D eigenvalue weighted by molar-refractivity contribution is 9.10. The number of furan rings is 1. The molecule has 0 unspecified atom stereocenters. The molecule has 0 saturated carbocycles. The van der Waals surface area contributed by atoms with Crippen LogP contribution >= 0.6 is 15.9 Å². The van der Waals surface area contributed by atoms with Gasteiger partial charge in [-0.3, -0.25) is 4.79 Å². The molecule has 0 atom stereocenters. The maximum absolute atomic E-state index is 11.6. The molecule has 0 radical (unpaired) electrons. The maximum atomic E-state index is 11.6. The molecule has 0 aliphatic rings. The molecule has 0 aliphatic heterocycles. The summed E-state index contributed by atoms with van der Waals surface area (Å²) in [6, 6.07) is 10.4. The fraction of sp³-hybridized carbons (Fsp3) is 0.188. The normalized spacial score (nSPS) is 10.7. The molecule has 0 spiro atoms. The van der Waals surface area contributed by atoms with Crippen LogP contribution in [0.3, 0.4) is 0 Å². The summed E-state index contributed by atoms with van der Waals surface area (Å²) in [6.45, 7) is 1.97. The molecular weight excluding hydrogens is 364 g/mol. The standard InChI is InChI=1S/C16H13BrN2O4/c1-2-12(20)10-3-5-11(6-4-10)21-9-15-18-19-16(23-15)13-7-8-14(17)22-13/h3-8H,2,9H2,1H3. The Morgan fingerprint density at radius 3 is 2.57 bits per heavy atom. The fourth-order valence-corrected chi connectivity index (χ4v) is 2.23. The molecule has 2 aromatic heterocycles. The lowest BCUT2D eigenvalue weighted by atomic mass is 10.1. The summed E-state index contributed by atoms with van der Waals surface area (Å²) in [4.78, 5) is 11.6. The van der Waals surface area contributed by atoms with Crippen molar-refractivity contribution in [3.8, 4) is 17.4 Å². The van der Waals surface area contributed by atoms with E-state index in [1.54, 1.807) is 36.4 Å². The highest BCUT2D eigenvalue weighted by atomic mass is 79.9. The topological polar surface area (TPSA) is 78.4 Å². The number of Topliss-reactive ketones (excluding diaryl/α,β-unsaturated/α-hetero) is 1. The van der Waals surface area contributed by atoms with Crippen molar-refractivity contribution in [3.63, 3.8) is 0 Å². The predicted molar refractivity (Wildman–Crippen MR) is 85.1 cm³/mol. The zero-order valence-corrected chi connectivity index (χ0v) is 13.9. The lowest BCUT2D eigenvalue weighted by Gasteiger charge is -2.04. The van der Waals surface area contributed by atoms with Gasteiger partial charge in [0.2, 0.25) is 0 Å². The first-order valence-corrected chi connectivity index (χ1v) is 7.79. The van der Waals surface area contributed by atoms with Gasteiger partial charge in [-0.2, -0.15) is 0 Å². The number of nitrogens with zero attached hydrogens (tertiary/aromatic N) is 2. The van der Waals surface area contributed by atoms with Gasteiger partial charge >= 0.3 is 0 Å². The monoisotopic (exact) mass is 376 g/mol. The number of carbonyl (C=O) groups is 1. The van der Waals surface area contributed by atoms with Crippen LogP contribution in [0, 0.1) is 0 Å². The molecule has 1 aromatic carbocycles. The van der Waals surface area contributed by atoms with E-state index in [0.717, 1.165) is 0 Å². The third kappa shape index (κ3) is 3.68. The summed E-state index contributed by atoms with van der Waals surface area (Å²) in [5, 5.41) is 7.81. The van der Waals surface area contributed by atoms with Crippen LogP contribution in [0.1, 0.15) is 29.6 Å². The van der Waals surface area contributed by atoms with Gasteiger partial charge in [-0.1, -0.05) is 6.92 Å². The summed E-state index contributed by atoms with van der Waals surface area (Å²) in [7, 11) is 0. The summed E-state index contributed by atoms with van der Waals surface area (Å²) < 4.78 is 17.0. The number of ketones is 1. The molecular formula is C16H13BrN2O4. The summed E-state index contributed by atoms with van der Waals surface area (Å²) in [5.41, 5.74) is 0.670. The number of hydrogen-bond donors (Lipinski definition) is 0. The van der Waals surface area contributed by atoms with Crippen LogP contribution in [0.2, 0.25) is 0 Å². The SMILES string of the molecule is CCC(=O)c1ccc(OCc2nnc(-c3ccc(Br)o3)o2)cc1. The first-order valence-electron chi connectivity index (χ1n) is 7.00. The summed E-state index contributed by atoms with van der Waals surface area (Å²) in [6.07, 6.45) is 0.480. The van der Waals surface area contributed by atoms with Crippen LogP contribution in [0.15, 0.2) is 49.9 Å². The van der Waals surface area contributed by atoms with Crippen LogP contribution in [-0.4, -0.2) is 16.0 Å². The van der Waals surface area contributed by atoms with Crippen LogP contribution in [0.4, 0.5) is 0 Å². The number of hydrogen-bond acceptors (Lipinski definition) is 6. The Labute approximate surface area is 140 Å². The second-order valence-corrected chi connectivity index (χ2v) is 5.48. The third-order valence-electron chi connectivity index (χ3n) is 3.11. The molecule has 0 amide bonds. The molecule has 0 bridgehead atoms. The van der Waals surface area contributed by atoms with E-state index in [4.69, 9.17) is 13.6 Å². The van der Waals surface area contributed by atoms with Crippen LogP contribution < -0.4 is 4.74 Å². The van der Waals surface area contributed by atoms with Gasteiger partial charge in [0.25, 0.3) is 11.8 Å². The summed E-state index contributed by atoms with van der Waals surface area (Å²) >= 11 is 3.21. The quantitative estimate of drug-likeness (QED) is 0.597. The van der Waals surface area contributed by atoms with Crippen molar-refractivity contribution in [3.05, 3.63) is 52.5 Å². The molecule has 118 valence electrons. The molecule has 3 rings (SSSR count). The minimum absolute atomic E-state index is 0.0997. The first kappa shape index (κ1) is 15.5. The smallest absolute Gasteiger partial charge is 0.283 e. The van der Waals surface area contributed by atoms with Gasteiger partial charge in [-0.05, 0) is 52.3 Å². The highest BCUT2D eigenvalue weighted by Gasteiger charge is 2.12. The summed E-state index contributed by atoms with van der Waals surface area (Å²) in [5.74, 6) is 1.83. The molecule has 0 fully saturated rings. The highest BCUT2D eigenvalue weighted by Crippen LogP contribution is 2.24. The Morgan fingerprint density at radius 2 is 1.91 bits per heavy atom. The van der Waals surface area contributed by atoms with E-state index in [2.05, 4.69) is 26.1 Å². The van der Waals surface area contributed by atoms with E-state index >= 15 is 0 Å². The van der Waals surface area contributed by atoms with Gasteiger partial charge < -0.3 is 13.6 Å². The number of benzene rings is 1. The zero-order valence-electron chi connectivity index (χ0n) is 12.3. The molecule has 3 aromatic rings. The van der Waals surface area contributed by atoms with Crippen molar-refractivity contribution < 1.29 is 18.4 Å². The van der Waals surface area contributed by atoms with Crippen LogP contribution in [-0.2, 0) is 6.61 Å². The average molecular weight is 377 g/mol. The van der Waals surface area contributed by atoms with E-state index in [1.165, 1.54) is 0 Å². The second kappa shape index (κ2) is 6.78. The van der Waals surface area contributed by atoms with E-state index in [0.29, 0.717) is 34.1 Å². The van der Waals surface area contributed by atoms with Crippen LogP contribution in [0.25, 0.3) is 11.7 Å². The van der Waals surface area contributed by atoms with Gasteiger partial charge in [0, 0.05) is 12.0 Å². The van der Waals surface area contributed by atoms with E-state index in [1.807, 2.05) is 6.92 Å². The Bertz CT molecular complexity index is 808. The second-order valence-electron chi connectivity index (χ2n) is 4.69. The van der Waals surface area contributed by atoms with Gasteiger partial charge in [0.15, 0.2) is 22.8 Å². The van der Waals surface area contributed by atoms with Crippen molar-refractivity contribution in [2.24, 2.45) is 0 Å². The third-order valence-corrected chi connectivity index (χ3v) is 3.54. The first-order chi connectivity index (χ1) is 11.2. The predicted octanol–water partition coefficient (Wildman–Crippen LogP) is 4.26. The Kier molecular flexibility index (Phi) is 4.57. The number of carbonyl (C=O) groups excluding carboxylic acids is 1. The molecule has 7 heteroatoms. The largest absolute Gasteiger partial charge is 0.484 e. The number of ether oxygens (including phenoxy) is 1. The van der Waals surface area contributed by atoms with E-state index in [9.17, 15) is 4.79 Å². The lowest BCUT2D eigenvalue weighted by Crippen LogP contribution is -1.98. The Balaban J connectivity index is 1.62. The molecule has 23 heavy (non-hydrogen) atoms. The Morgan fingerprint density at radius 1 is 1.13 bits per heavy atom. The minimum atomic E-state index is 0.0997. The van der Waals surface area contributed by atoms with Crippen molar-refractivity contribution in [2.75, 3.05) is 0 Å². The molecule has 0 N–H and O–H groups in total. The fourth-order valence-electron chi connectivity index (χ4n) is 1.93. The number of aromatic nitrogens is 2.